The highest BCUT2D eigenvalue weighted by atomic mass is 32.2. The first-order valence-electron chi connectivity index (χ1n) is 8.57. The summed E-state index contributed by atoms with van der Waals surface area (Å²) in [5.74, 6) is 0.268. The number of nitrogens with one attached hydrogen (secondary N) is 2. The van der Waals surface area contributed by atoms with Crippen LogP contribution >= 0.6 is 23.1 Å². The van der Waals surface area contributed by atoms with E-state index in [1.54, 1.807) is 31.2 Å². The fraction of sp³-hybridized carbons (Fsp3) is 0.263. The van der Waals surface area contributed by atoms with Gasteiger partial charge in [-0.05, 0) is 50.6 Å². The quantitative estimate of drug-likeness (QED) is 0.571. The zero-order valence-electron chi connectivity index (χ0n) is 15.7. The molecule has 2 aromatic heterocycles. The highest BCUT2D eigenvalue weighted by Gasteiger charge is 2.16. The number of thioether (sulfide) groups is 1. The number of thiophene rings is 1. The molecule has 0 saturated heterocycles. The molecule has 0 bridgehead atoms. The average Bonchev–Trinajstić information content (AvgIpc) is 2.94. The fourth-order valence-corrected chi connectivity index (χ4v) is 4.41. The van der Waals surface area contributed by atoms with Crippen molar-refractivity contribution < 1.29 is 9.59 Å². The van der Waals surface area contributed by atoms with E-state index >= 15 is 0 Å². The minimum atomic E-state index is -0.517. The van der Waals surface area contributed by atoms with E-state index in [0.29, 0.717) is 28.2 Å². The van der Waals surface area contributed by atoms with Gasteiger partial charge in [0.25, 0.3) is 5.56 Å². The lowest BCUT2D eigenvalue weighted by Gasteiger charge is -2.12. The smallest absolute Gasteiger partial charge is 0.259 e. The molecule has 4 N–H and O–H groups in total. The second kappa shape index (κ2) is 8.15. The van der Waals surface area contributed by atoms with E-state index < -0.39 is 5.91 Å². The van der Waals surface area contributed by atoms with Crippen molar-refractivity contribution in [2.45, 2.75) is 31.8 Å². The van der Waals surface area contributed by atoms with Crippen molar-refractivity contribution >= 4 is 50.8 Å². The number of hydrogen-bond acceptors (Lipinski definition) is 6. The van der Waals surface area contributed by atoms with Gasteiger partial charge in [0, 0.05) is 16.1 Å². The summed E-state index contributed by atoms with van der Waals surface area (Å²) in [6.45, 7) is 5.67. The fourth-order valence-electron chi connectivity index (χ4n) is 2.61. The number of aromatic amines is 1. The Balaban J connectivity index is 1.64. The average molecular weight is 417 g/mol. The molecule has 0 spiro atoms. The van der Waals surface area contributed by atoms with Crippen LogP contribution in [0, 0.1) is 13.8 Å². The lowest BCUT2D eigenvalue weighted by atomic mass is 10.2. The first-order chi connectivity index (χ1) is 13.3. The molecule has 28 heavy (non-hydrogen) atoms. The van der Waals surface area contributed by atoms with Gasteiger partial charge >= 0.3 is 0 Å². The van der Waals surface area contributed by atoms with Crippen LogP contribution < -0.4 is 16.6 Å². The van der Waals surface area contributed by atoms with Crippen LogP contribution in [0.1, 0.15) is 33.5 Å². The van der Waals surface area contributed by atoms with Gasteiger partial charge in [0.15, 0.2) is 0 Å². The van der Waals surface area contributed by atoms with Crippen LogP contribution in [0.2, 0.25) is 0 Å². The van der Waals surface area contributed by atoms with Crippen LogP contribution in [0.25, 0.3) is 10.2 Å². The van der Waals surface area contributed by atoms with Crippen LogP contribution in [0.5, 0.6) is 0 Å². The summed E-state index contributed by atoms with van der Waals surface area (Å²) in [4.78, 5) is 44.9. The number of rotatable bonds is 6. The number of H-pyrrole nitrogens is 1. The summed E-state index contributed by atoms with van der Waals surface area (Å²) in [5.41, 5.74) is 6.98. The lowest BCUT2D eigenvalue weighted by molar-refractivity contribution is -0.115. The first kappa shape index (κ1) is 20.1. The zero-order valence-corrected chi connectivity index (χ0v) is 17.3. The Kier molecular flexibility index (Phi) is 5.85. The van der Waals surface area contributed by atoms with Crippen molar-refractivity contribution in [2.75, 3.05) is 5.32 Å². The van der Waals surface area contributed by atoms with Crippen LogP contribution in [0.3, 0.4) is 0 Å². The van der Waals surface area contributed by atoms with Gasteiger partial charge in [-0.1, -0.05) is 0 Å². The van der Waals surface area contributed by atoms with Gasteiger partial charge in [-0.2, -0.15) is 0 Å². The molecule has 0 aliphatic heterocycles. The maximum absolute atomic E-state index is 12.4. The highest BCUT2D eigenvalue weighted by molar-refractivity contribution is 7.99. The molecule has 1 atom stereocenters. The molecule has 0 saturated carbocycles. The third-order valence-corrected chi connectivity index (χ3v) is 6.62. The summed E-state index contributed by atoms with van der Waals surface area (Å²) < 4.78 is 0. The van der Waals surface area contributed by atoms with Gasteiger partial charge < -0.3 is 16.0 Å². The topological polar surface area (TPSA) is 118 Å². The van der Waals surface area contributed by atoms with Gasteiger partial charge in [-0.15, -0.1) is 23.1 Å². The van der Waals surface area contributed by atoms with Crippen molar-refractivity contribution in [3.05, 3.63) is 56.4 Å². The zero-order chi connectivity index (χ0) is 20.4. The summed E-state index contributed by atoms with van der Waals surface area (Å²) >= 11 is 2.88. The van der Waals surface area contributed by atoms with Crippen molar-refractivity contribution in [3.63, 3.8) is 0 Å². The third kappa shape index (κ3) is 4.26. The highest BCUT2D eigenvalue weighted by Crippen LogP contribution is 2.26. The number of amides is 2. The van der Waals surface area contributed by atoms with Gasteiger partial charge in [0.1, 0.15) is 10.7 Å². The summed E-state index contributed by atoms with van der Waals surface area (Å²) in [5, 5.41) is 3.08. The Morgan fingerprint density at radius 3 is 2.61 bits per heavy atom. The molecule has 0 unspecified atom stereocenters. The second-order valence-corrected chi connectivity index (χ2v) is 8.89. The molecule has 3 aromatic rings. The third-order valence-electron chi connectivity index (χ3n) is 4.36. The number of carbonyl (C=O) groups excluding carboxylic acids is 2. The van der Waals surface area contributed by atoms with E-state index in [-0.39, 0.29) is 16.7 Å². The van der Waals surface area contributed by atoms with Crippen LogP contribution in [-0.4, -0.2) is 27.0 Å². The van der Waals surface area contributed by atoms with Crippen LogP contribution in [0.4, 0.5) is 5.69 Å². The van der Waals surface area contributed by atoms with Crippen molar-refractivity contribution in [2.24, 2.45) is 5.73 Å². The molecular weight excluding hydrogens is 396 g/mol. The largest absolute Gasteiger partial charge is 0.366 e. The van der Waals surface area contributed by atoms with E-state index in [0.717, 1.165) is 15.3 Å². The molecule has 0 aliphatic rings. The van der Waals surface area contributed by atoms with E-state index in [1.165, 1.54) is 23.1 Å². The number of aryl methyl sites for hydroxylation is 2. The number of benzene rings is 1. The summed E-state index contributed by atoms with van der Waals surface area (Å²) in [7, 11) is 0. The second-order valence-electron chi connectivity index (χ2n) is 6.36. The lowest BCUT2D eigenvalue weighted by Crippen LogP contribution is -2.23. The first-order valence-corrected chi connectivity index (χ1v) is 10.4. The van der Waals surface area contributed by atoms with Gasteiger partial charge in [-0.3, -0.25) is 14.4 Å². The molecular formula is C19H20N4O3S2. The molecule has 3 rings (SSSR count). The molecule has 9 heteroatoms. The Hall–Kier alpha value is -2.65. The van der Waals surface area contributed by atoms with Gasteiger partial charge in [-0.25, -0.2) is 4.98 Å². The van der Waals surface area contributed by atoms with Crippen LogP contribution in [0.15, 0.2) is 29.1 Å². The summed E-state index contributed by atoms with van der Waals surface area (Å²) in [6, 6.07) is 6.38. The maximum Gasteiger partial charge on any atom is 0.259 e. The molecule has 2 amide bonds. The molecule has 2 heterocycles. The number of nitrogens with two attached hydrogens (primary N) is 1. The molecule has 0 radical (unpaired) electrons. The number of fused-ring (bicyclic) bond motifs is 1. The number of aromatic nitrogens is 2. The van der Waals surface area contributed by atoms with Gasteiger partial charge in [0.2, 0.25) is 11.8 Å². The molecule has 0 fully saturated rings. The normalized spacial score (nSPS) is 12.1. The van der Waals surface area contributed by atoms with E-state index in [4.69, 9.17) is 5.73 Å². The Labute approximate surface area is 169 Å². The van der Waals surface area contributed by atoms with Crippen LogP contribution in [-0.2, 0) is 10.5 Å². The van der Waals surface area contributed by atoms with E-state index in [1.807, 2.05) is 13.8 Å². The number of carbonyl (C=O) groups is 2. The van der Waals surface area contributed by atoms with Crippen molar-refractivity contribution in [1.82, 2.24) is 9.97 Å². The van der Waals surface area contributed by atoms with E-state index in [2.05, 4.69) is 15.3 Å². The minimum Gasteiger partial charge on any atom is -0.366 e. The summed E-state index contributed by atoms with van der Waals surface area (Å²) in [6.07, 6.45) is 0. The van der Waals surface area contributed by atoms with Crippen molar-refractivity contribution in [3.8, 4) is 0 Å². The minimum absolute atomic E-state index is 0.144. The standard InChI is InChI=1S/C19H20N4O3S2/c1-9-10(2)28-19-15(9)18(26)22-14(23-19)8-27-11(3)17(25)21-13-6-4-12(5-7-13)16(20)24/h4-7,11H,8H2,1-3H3,(H2,20,24)(H,21,25)(H,22,23,26)/t11-/m0/s1. The molecule has 146 valence electrons. The Morgan fingerprint density at radius 2 is 1.96 bits per heavy atom. The molecule has 7 nitrogen and oxygen atoms in total. The monoisotopic (exact) mass is 416 g/mol. The van der Waals surface area contributed by atoms with Gasteiger partial charge in [0.05, 0.1) is 16.4 Å². The number of hydrogen-bond donors (Lipinski definition) is 3. The van der Waals surface area contributed by atoms with E-state index in [9.17, 15) is 14.4 Å². The SMILES string of the molecule is Cc1sc2nc(CS[C@@H](C)C(=O)Nc3ccc(C(N)=O)cc3)[nH]c(=O)c2c1C. The molecule has 1 aromatic carbocycles. The van der Waals surface area contributed by atoms with Crippen molar-refractivity contribution in [1.29, 1.82) is 0 Å². The maximum atomic E-state index is 12.4. The number of anilines is 1. The number of primary amides is 1. The predicted octanol–water partition coefficient (Wildman–Crippen LogP) is 2.96. The Morgan fingerprint density at radius 1 is 1.29 bits per heavy atom. The molecule has 0 aliphatic carbocycles. The predicted molar refractivity (Wildman–Crippen MR) is 114 cm³/mol. The Bertz CT molecular complexity index is 1100. The number of nitrogens with zero attached hydrogens (tertiary/aromatic N) is 1.